The molecule has 0 unspecified atom stereocenters. The molecule has 7 rings (SSSR count). The summed E-state index contributed by atoms with van der Waals surface area (Å²) < 4.78 is 23.6. The Morgan fingerprint density at radius 3 is 2.40 bits per heavy atom. The Hall–Kier alpha value is -2.87. The number of fused-ring (bicyclic) bond motifs is 3. The number of hydrogen-bond acceptors (Lipinski definition) is 11. The molecule has 216 valence electrons. The van der Waals surface area contributed by atoms with Crippen LogP contribution in [0.5, 0.6) is 11.5 Å². The Labute approximate surface area is 229 Å². The van der Waals surface area contributed by atoms with Crippen LogP contribution in [0.3, 0.4) is 0 Å². The number of ketones is 2. The summed E-state index contributed by atoms with van der Waals surface area (Å²) in [6, 6.07) is 0. The maximum absolute atomic E-state index is 13.8. The average Bonchev–Trinajstić information content (AvgIpc) is 2.87. The molecule has 0 amide bonds. The van der Waals surface area contributed by atoms with Crippen molar-refractivity contribution in [3.05, 3.63) is 33.4 Å². The molecule has 1 aromatic rings. The minimum Gasteiger partial charge on any atom is -0.507 e. The van der Waals surface area contributed by atoms with Gasteiger partial charge >= 0.3 is 5.97 Å². The summed E-state index contributed by atoms with van der Waals surface area (Å²) in [7, 11) is 0. The van der Waals surface area contributed by atoms with Crippen LogP contribution in [0, 0.1) is 0 Å². The van der Waals surface area contributed by atoms with Crippen LogP contribution in [-0.2, 0) is 29.3 Å². The lowest BCUT2D eigenvalue weighted by atomic mass is 9.66. The Bertz CT molecular complexity index is 1350. The van der Waals surface area contributed by atoms with Gasteiger partial charge in [-0.2, -0.15) is 0 Å². The number of carbonyl (C=O) groups is 3. The predicted molar refractivity (Wildman–Crippen MR) is 133 cm³/mol. The van der Waals surface area contributed by atoms with Gasteiger partial charge in [0.05, 0.1) is 60.3 Å². The number of phenols is 2. The predicted octanol–water partition coefficient (Wildman–Crippen LogP) is 1.75. The second-order valence-corrected chi connectivity index (χ2v) is 11.4. The maximum Gasteiger partial charge on any atom is 0.305 e. The fourth-order valence-corrected chi connectivity index (χ4v) is 7.00. The van der Waals surface area contributed by atoms with E-state index in [-0.39, 0.29) is 41.5 Å². The zero-order valence-electron chi connectivity index (χ0n) is 22.2. The minimum absolute atomic E-state index is 0.0115. The number of carbonyl (C=O) groups excluding carboxylic acids is 2. The molecule has 9 atom stereocenters. The smallest absolute Gasteiger partial charge is 0.305 e. The van der Waals surface area contributed by atoms with Crippen LogP contribution in [0.1, 0.15) is 90.8 Å². The van der Waals surface area contributed by atoms with E-state index >= 15 is 0 Å². The Balaban J connectivity index is 1.44. The number of phenolic OH excluding ortho intramolecular Hbond substituents is 2. The first-order chi connectivity index (χ1) is 18.8. The third kappa shape index (κ3) is 3.77. The Morgan fingerprint density at radius 2 is 1.73 bits per heavy atom. The number of carboxylic acid groups (broad SMARTS) is 1. The van der Waals surface area contributed by atoms with Crippen LogP contribution >= 0.6 is 0 Å². The standard InChI is InChI=1S/C28H32O12/c1-9-14(29)4-5-18(38-9)40-16-8-15-20-23(28(16,36)11(3)39-15)27(35)22-21(26(20)34)24(32)13-6-12(7-17(30)31)37-10(2)19(13)25(22)33/h9-12,14-16,18,29,34-36H,4-8H2,1-3H3,(H,30,31)/t9-,10-,11+,12+,14-,15+,16+,18-,28+/m0/s1. The van der Waals surface area contributed by atoms with Crippen molar-refractivity contribution in [1.82, 2.24) is 0 Å². The van der Waals surface area contributed by atoms with Crippen molar-refractivity contribution in [3.8, 4) is 11.5 Å². The van der Waals surface area contributed by atoms with Crippen molar-refractivity contribution in [2.24, 2.45) is 0 Å². The first-order valence-electron chi connectivity index (χ1n) is 13.5. The highest BCUT2D eigenvalue weighted by Gasteiger charge is 2.61. The van der Waals surface area contributed by atoms with E-state index in [0.717, 1.165) is 0 Å². The van der Waals surface area contributed by atoms with Gasteiger partial charge < -0.3 is 44.5 Å². The SMILES string of the molecule is C[C@@H]1O[C@@H](CC(=O)O)CC2=C1C(=O)c1c(O)c3c(c(O)c1C2=O)[C@H]1C[C@@H](O[C@H]2CC[C@H](O)[C@H](C)O2)[C@]3(O)[C@@H](C)O1. The van der Waals surface area contributed by atoms with Gasteiger partial charge in [-0.05, 0) is 27.2 Å². The van der Waals surface area contributed by atoms with E-state index in [2.05, 4.69) is 0 Å². The van der Waals surface area contributed by atoms with E-state index in [9.17, 15) is 39.9 Å². The quantitative estimate of drug-likeness (QED) is 0.336. The molecule has 12 heteroatoms. The monoisotopic (exact) mass is 560 g/mol. The van der Waals surface area contributed by atoms with E-state index in [4.69, 9.17) is 18.9 Å². The first kappa shape index (κ1) is 27.3. The zero-order chi connectivity index (χ0) is 28.8. The van der Waals surface area contributed by atoms with Crippen molar-refractivity contribution in [1.29, 1.82) is 0 Å². The van der Waals surface area contributed by atoms with Gasteiger partial charge in [-0.1, -0.05) is 0 Å². The summed E-state index contributed by atoms with van der Waals surface area (Å²) in [5.74, 6) is -3.78. The maximum atomic E-state index is 13.8. The second-order valence-electron chi connectivity index (χ2n) is 11.4. The van der Waals surface area contributed by atoms with E-state index < -0.39 is 94.8 Å². The van der Waals surface area contributed by atoms with Gasteiger partial charge in [-0.15, -0.1) is 0 Å². The van der Waals surface area contributed by atoms with Crippen molar-refractivity contribution in [2.45, 2.75) is 107 Å². The molecule has 0 aromatic heterocycles. The van der Waals surface area contributed by atoms with Crippen LogP contribution in [-0.4, -0.2) is 86.0 Å². The third-order valence-corrected chi connectivity index (χ3v) is 8.97. The number of aliphatic hydroxyl groups is 2. The molecule has 4 heterocycles. The lowest BCUT2D eigenvalue weighted by molar-refractivity contribution is -0.311. The molecule has 2 fully saturated rings. The van der Waals surface area contributed by atoms with Gasteiger partial charge in [-0.3, -0.25) is 14.4 Å². The van der Waals surface area contributed by atoms with Crippen molar-refractivity contribution < 1.29 is 58.9 Å². The Morgan fingerprint density at radius 1 is 1.02 bits per heavy atom. The van der Waals surface area contributed by atoms with Crippen LogP contribution in [0.15, 0.2) is 11.1 Å². The van der Waals surface area contributed by atoms with Crippen LogP contribution in [0.2, 0.25) is 0 Å². The molecule has 12 nitrogen and oxygen atoms in total. The largest absolute Gasteiger partial charge is 0.507 e. The number of hydrogen-bond donors (Lipinski definition) is 5. The highest BCUT2D eigenvalue weighted by Crippen LogP contribution is 2.60. The molecule has 2 bridgehead atoms. The number of aliphatic hydroxyl groups excluding tert-OH is 1. The fraction of sp³-hybridized carbons (Fsp3) is 0.607. The van der Waals surface area contributed by atoms with Gasteiger partial charge in [0, 0.05) is 41.5 Å². The number of carboxylic acids is 1. The summed E-state index contributed by atoms with van der Waals surface area (Å²) >= 11 is 0. The fourth-order valence-electron chi connectivity index (χ4n) is 7.00. The number of ether oxygens (including phenoxy) is 4. The first-order valence-corrected chi connectivity index (χ1v) is 13.5. The van der Waals surface area contributed by atoms with Gasteiger partial charge in [0.15, 0.2) is 17.9 Å². The number of rotatable bonds is 4. The van der Waals surface area contributed by atoms with Crippen LogP contribution in [0.25, 0.3) is 0 Å². The normalized spacial score (nSPS) is 38.6. The third-order valence-electron chi connectivity index (χ3n) is 8.97. The lowest BCUT2D eigenvalue weighted by Crippen LogP contribution is -2.60. The summed E-state index contributed by atoms with van der Waals surface area (Å²) in [6.07, 6.45) is -6.05. The number of aromatic hydroxyl groups is 2. The second kappa shape index (κ2) is 9.33. The highest BCUT2D eigenvalue weighted by atomic mass is 16.7. The van der Waals surface area contributed by atoms with Crippen LogP contribution < -0.4 is 0 Å². The molecular weight excluding hydrogens is 528 g/mol. The topological polar surface area (TPSA) is 189 Å². The van der Waals surface area contributed by atoms with Crippen molar-refractivity contribution in [2.75, 3.05) is 0 Å². The van der Waals surface area contributed by atoms with Gasteiger partial charge in [-0.25, -0.2) is 0 Å². The molecule has 4 aliphatic heterocycles. The zero-order valence-corrected chi connectivity index (χ0v) is 22.2. The summed E-state index contributed by atoms with van der Waals surface area (Å²) in [5, 5.41) is 54.3. The average molecular weight is 561 g/mol. The molecule has 5 N–H and O–H groups in total. The molecule has 0 spiro atoms. The van der Waals surface area contributed by atoms with E-state index in [1.165, 1.54) is 6.92 Å². The summed E-state index contributed by atoms with van der Waals surface area (Å²) in [4.78, 5) is 38.8. The van der Waals surface area contributed by atoms with Crippen molar-refractivity contribution in [3.63, 3.8) is 0 Å². The van der Waals surface area contributed by atoms with E-state index in [1.807, 2.05) is 0 Å². The molecule has 2 saturated heterocycles. The number of aliphatic carboxylic acids is 1. The van der Waals surface area contributed by atoms with E-state index in [1.54, 1.807) is 13.8 Å². The van der Waals surface area contributed by atoms with Crippen LogP contribution in [0.4, 0.5) is 0 Å². The molecule has 1 aromatic carbocycles. The number of Topliss-reactive ketones (excluding diaryl/α,β-unsaturated/α-hetero) is 2. The molecule has 6 aliphatic rings. The van der Waals surface area contributed by atoms with Gasteiger partial charge in [0.1, 0.15) is 17.1 Å². The highest BCUT2D eigenvalue weighted by molar-refractivity contribution is 6.29. The molecule has 0 saturated carbocycles. The molecule has 2 aliphatic carbocycles. The lowest BCUT2D eigenvalue weighted by Gasteiger charge is -2.54. The van der Waals surface area contributed by atoms with Gasteiger partial charge in [0.25, 0.3) is 0 Å². The van der Waals surface area contributed by atoms with Crippen molar-refractivity contribution >= 4 is 17.5 Å². The molecule has 0 radical (unpaired) electrons. The molecule has 40 heavy (non-hydrogen) atoms. The molecular formula is C28H32O12. The van der Waals surface area contributed by atoms with E-state index in [0.29, 0.717) is 12.8 Å². The minimum atomic E-state index is -2.01. The number of benzene rings is 1. The summed E-state index contributed by atoms with van der Waals surface area (Å²) in [5.41, 5.74) is -2.94. The summed E-state index contributed by atoms with van der Waals surface area (Å²) in [6.45, 7) is 4.82. The van der Waals surface area contributed by atoms with Gasteiger partial charge in [0.2, 0.25) is 0 Å². The Kier molecular flexibility index (Phi) is 6.37.